The minimum Gasteiger partial charge on any atom is -0.478 e. The number of carbonyl (C=O) groups is 1. The van der Waals surface area contributed by atoms with Crippen LogP contribution in [0.3, 0.4) is 0 Å². The number of ether oxygens (including phenoxy) is 1. The number of carboxylic acid groups (broad SMARTS) is 1. The maximum atomic E-state index is 11.4. The van der Waals surface area contributed by atoms with Crippen LogP contribution in [0.1, 0.15) is 54.6 Å². The van der Waals surface area contributed by atoms with Crippen molar-refractivity contribution in [3.8, 4) is 0 Å². The highest BCUT2D eigenvalue weighted by atomic mass is 35.5. The van der Waals surface area contributed by atoms with Gasteiger partial charge in [-0.25, -0.2) is 4.79 Å². The lowest BCUT2D eigenvalue weighted by Gasteiger charge is -2.43. The molecule has 5 nitrogen and oxygen atoms in total. The monoisotopic (exact) mass is 480 g/mol. The van der Waals surface area contributed by atoms with Crippen LogP contribution in [0.2, 0.25) is 5.02 Å². The lowest BCUT2D eigenvalue weighted by atomic mass is 9.72. The van der Waals surface area contributed by atoms with Crippen molar-refractivity contribution >= 4 is 28.8 Å². The first kappa shape index (κ1) is 23.4. The van der Waals surface area contributed by atoms with Crippen molar-refractivity contribution in [3.05, 3.63) is 69.8 Å². The van der Waals surface area contributed by atoms with Crippen LogP contribution >= 0.6 is 11.6 Å². The first-order chi connectivity index (χ1) is 16.3. The number of rotatable bonds is 4. The third kappa shape index (κ3) is 4.88. The average Bonchev–Trinajstić information content (AvgIpc) is 2.98. The molecule has 0 radical (unpaired) electrons. The molecule has 2 heterocycles. The van der Waals surface area contributed by atoms with Gasteiger partial charge in [0, 0.05) is 42.5 Å². The van der Waals surface area contributed by atoms with E-state index in [9.17, 15) is 9.90 Å². The number of hydrogen-bond acceptors (Lipinski definition) is 4. The van der Waals surface area contributed by atoms with E-state index in [0.717, 1.165) is 55.3 Å². The summed E-state index contributed by atoms with van der Waals surface area (Å²) in [7, 11) is 0. The number of halogens is 1. The lowest BCUT2D eigenvalue weighted by molar-refractivity contribution is 0.0696. The van der Waals surface area contributed by atoms with Gasteiger partial charge in [-0.2, -0.15) is 0 Å². The van der Waals surface area contributed by atoms with Crippen molar-refractivity contribution in [2.75, 3.05) is 37.7 Å². The van der Waals surface area contributed by atoms with Crippen LogP contribution in [0, 0.1) is 5.41 Å². The van der Waals surface area contributed by atoms with Gasteiger partial charge in [-0.1, -0.05) is 43.2 Å². The predicted octanol–water partition coefficient (Wildman–Crippen LogP) is 5.72. The highest BCUT2D eigenvalue weighted by Crippen LogP contribution is 2.43. The van der Waals surface area contributed by atoms with Gasteiger partial charge in [0.05, 0.1) is 24.8 Å². The molecule has 3 aliphatic rings. The van der Waals surface area contributed by atoms with Gasteiger partial charge in [-0.05, 0) is 66.1 Å². The molecule has 1 aliphatic carbocycles. The standard InChI is InChI=1S/C28H33ClN2O3/c1-28(2)10-9-25(19-3-6-23(29)7-4-19)22(14-28)15-30-11-12-31-24(16-30)18-34-17-21-13-20(27(32)33)5-8-26(21)31/h3-8,13,24H,9-12,14-18H2,1-2H3,(H,32,33). The molecule has 1 unspecified atom stereocenters. The summed E-state index contributed by atoms with van der Waals surface area (Å²) < 4.78 is 6.01. The van der Waals surface area contributed by atoms with Gasteiger partial charge < -0.3 is 14.7 Å². The summed E-state index contributed by atoms with van der Waals surface area (Å²) in [5, 5.41) is 10.1. The van der Waals surface area contributed by atoms with Gasteiger partial charge in [0.15, 0.2) is 0 Å². The van der Waals surface area contributed by atoms with E-state index < -0.39 is 5.97 Å². The molecular formula is C28H33ClN2O3. The van der Waals surface area contributed by atoms with Crippen LogP contribution in [-0.2, 0) is 11.3 Å². The van der Waals surface area contributed by atoms with Gasteiger partial charge in [0.25, 0.3) is 0 Å². The number of hydrogen-bond donors (Lipinski definition) is 1. The number of carboxylic acids is 1. The molecule has 1 N–H and O–H groups in total. The zero-order valence-electron chi connectivity index (χ0n) is 20.0. The molecule has 0 saturated carbocycles. The number of aromatic carboxylic acids is 1. The molecule has 180 valence electrons. The van der Waals surface area contributed by atoms with Crippen LogP contribution in [0.5, 0.6) is 0 Å². The molecule has 5 rings (SSSR count). The van der Waals surface area contributed by atoms with Crippen molar-refractivity contribution in [1.29, 1.82) is 0 Å². The van der Waals surface area contributed by atoms with Crippen molar-refractivity contribution in [2.45, 2.75) is 45.8 Å². The summed E-state index contributed by atoms with van der Waals surface area (Å²) in [5.41, 5.74) is 7.06. The highest BCUT2D eigenvalue weighted by Gasteiger charge is 2.33. The Bertz CT molecular complexity index is 1110. The summed E-state index contributed by atoms with van der Waals surface area (Å²) in [4.78, 5) is 16.4. The van der Waals surface area contributed by atoms with Crippen LogP contribution < -0.4 is 4.90 Å². The summed E-state index contributed by atoms with van der Waals surface area (Å²) in [6, 6.07) is 14.0. The lowest BCUT2D eigenvalue weighted by Crippen LogP contribution is -2.55. The van der Waals surface area contributed by atoms with Gasteiger partial charge in [0.2, 0.25) is 0 Å². The van der Waals surface area contributed by atoms with E-state index in [1.807, 2.05) is 18.2 Å². The molecular weight excluding hydrogens is 448 g/mol. The second kappa shape index (κ2) is 9.37. The van der Waals surface area contributed by atoms with Crippen LogP contribution in [0.4, 0.5) is 5.69 Å². The molecule has 1 fully saturated rings. The fraction of sp³-hybridized carbons (Fsp3) is 0.464. The topological polar surface area (TPSA) is 53.0 Å². The average molecular weight is 481 g/mol. The van der Waals surface area contributed by atoms with E-state index in [2.05, 4.69) is 35.8 Å². The van der Waals surface area contributed by atoms with E-state index in [1.165, 1.54) is 17.6 Å². The quantitative estimate of drug-likeness (QED) is 0.606. The summed E-state index contributed by atoms with van der Waals surface area (Å²) in [6.45, 7) is 9.70. The normalized spacial score (nSPS) is 22.7. The summed E-state index contributed by atoms with van der Waals surface area (Å²) in [6.07, 6.45) is 3.43. The van der Waals surface area contributed by atoms with Crippen LogP contribution in [0.15, 0.2) is 48.0 Å². The number of allylic oxidation sites excluding steroid dienone is 1. The SMILES string of the molecule is CC1(C)CCC(c2ccc(Cl)cc2)=C(CN2CCN3c4ccc(C(=O)O)cc4COCC3C2)C1. The molecule has 0 aromatic heterocycles. The van der Waals surface area contributed by atoms with Crippen LogP contribution in [-0.4, -0.2) is 54.8 Å². The molecule has 0 amide bonds. The molecule has 2 aromatic rings. The van der Waals surface area contributed by atoms with E-state index >= 15 is 0 Å². The Labute approximate surface area is 207 Å². The van der Waals surface area contributed by atoms with E-state index in [1.54, 1.807) is 17.7 Å². The first-order valence-electron chi connectivity index (χ1n) is 12.2. The van der Waals surface area contributed by atoms with E-state index in [-0.39, 0.29) is 6.04 Å². The number of piperazine rings is 1. The van der Waals surface area contributed by atoms with Gasteiger partial charge in [-0.3, -0.25) is 4.90 Å². The Hall–Kier alpha value is -2.34. The Kier molecular flexibility index (Phi) is 6.45. The second-order valence-corrected chi connectivity index (χ2v) is 11.1. The largest absolute Gasteiger partial charge is 0.478 e. The van der Waals surface area contributed by atoms with E-state index in [0.29, 0.717) is 24.2 Å². The molecule has 2 aliphatic heterocycles. The Balaban J connectivity index is 1.36. The van der Waals surface area contributed by atoms with Crippen molar-refractivity contribution in [3.63, 3.8) is 0 Å². The smallest absolute Gasteiger partial charge is 0.335 e. The zero-order chi connectivity index (χ0) is 23.9. The molecule has 0 bridgehead atoms. The zero-order valence-corrected chi connectivity index (χ0v) is 20.8. The summed E-state index contributed by atoms with van der Waals surface area (Å²) in [5.74, 6) is -0.895. The number of benzene rings is 2. The molecule has 0 spiro atoms. The fourth-order valence-corrected chi connectivity index (χ4v) is 5.90. The van der Waals surface area contributed by atoms with E-state index in [4.69, 9.17) is 16.3 Å². The predicted molar refractivity (Wildman–Crippen MR) is 137 cm³/mol. The van der Waals surface area contributed by atoms with Crippen LogP contribution in [0.25, 0.3) is 5.57 Å². The molecule has 1 saturated heterocycles. The van der Waals surface area contributed by atoms with Gasteiger partial charge in [0.1, 0.15) is 0 Å². The number of anilines is 1. The first-order valence-corrected chi connectivity index (χ1v) is 12.6. The third-order valence-electron chi connectivity index (χ3n) is 7.55. The highest BCUT2D eigenvalue weighted by molar-refractivity contribution is 6.30. The van der Waals surface area contributed by atoms with Gasteiger partial charge >= 0.3 is 5.97 Å². The maximum absolute atomic E-state index is 11.4. The molecule has 1 atom stereocenters. The second-order valence-electron chi connectivity index (χ2n) is 10.7. The summed E-state index contributed by atoms with van der Waals surface area (Å²) >= 11 is 6.16. The Morgan fingerprint density at radius 1 is 1.18 bits per heavy atom. The molecule has 6 heteroatoms. The Morgan fingerprint density at radius 3 is 2.74 bits per heavy atom. The molecule has 34 heavy (non-hydrogen) atoms. The minimum atomic E-state index is -0.895. The molecule has 2 aromatic carbocycles. The van der Waals surface area contributed by atoms with Gasteiger partial charge in [-0.15, -0.1) is 0 Å². The fourth-order valence-electron chi connectivity index (χ4n) is 5.78. The number of fused-ring (bicyclic) bond motifs is 3. The Morgan fingerprint density at radius 2 is 1.97 bits per heavy atom. The maximum Gasteiger partial charge on any atom is 0.335 e. The van der Waals surface area contributed by atoms with Crippen molar-refractivity contribution in [1.82, 2.24) is 4.90 Å². The van der Waals surface area contributed by atoms with Crippen molar-refractivity contribution < 1.29 is 14.6 Å². The van der Waals surface area contributed by atoms with Crippen molar-refractivity contribution in [2.24, 2.45) is 5.41 Å². The number of nitrogens with zero attached hydrogens (tertiary/aromatic N) is 2. The third-order valence-corrected chi connectivity index (χ3v) is 7.80. The minimum absolute atomic E-state index is 0.266.